The van der Waals surface area contributed by atoms with Crippen molar-refractivity contribution in [2.75, 3.05) is 52.5 Å². The normalized spacial score (nSPS) is 30.8. The van der Waals surface area contributed by atoms with E-state index in [0.717, 1.165) is 44.3 Å². The van der Waals surface area contributed by atoms with Crippen molar-refractivity contribution in [3.63, 3.8) is 0 Å². The molecule has 3 fully saturated rings. The SMILES string of the molecule is CCCNC(CN1CCC(N2CCOCC2)C1)C1CC1. The molecule has 1 saturated carbocycles. The summed E-state index contributed by atoms with van der Waals surface area (Å²) in [5.41, 5.74) is 0. The summed E-state index contributed by atoms with van der Waals surface area (Å²) in [6.45, 7) is 11.4. The van der Waals surface area contributed by atoms with Gasteiger partial charge in [0.25, 0.3) is 0 Å². The van der Waals surface area contributed by atoms with E-state index in [9.17, 15) is 0 Å². The average Bonchev–Trinajstić information content (AvgIpc) is 3.23. The van der Waals surface area contributed by atoms with Crippen LogP contribution in [0.1, 0.15) is 32.6 Å². The quantitative estimate of drug-likeness (QED) is 0.758. The van der Waals surface area contributed by atoms with Crippen LogP contribution in [0.15, 0.2) is 0 Å². The molecule has 2 aliphatic heterocycles. The van der Waals surface area contributed by atoms with Crippen LogP contribution in [0.5, 0.6) is 0 Å². The summed E-state index contributed by atoms with van der Waals surface area (Å²) in [5, 5.41) is 3.78. The lowest BCUT2D eigenvalue weighted by atomic mass is 10.1. The third kappa shape index (κ3) is 3.94. The van der Waals surface area contributed by atoms with Crippen molar-refractivity contribution in [1.29, 1.82) is 0 Å². The van der Waals surface area contributed by atoms with Crippen molar-refractivity contribution in [3.8, 4) is 0 Å². The molecule has 4 nitrogen and oxygen atoms in total. The van der Waals surface area contributed by atoms with Crippen molar-refractivity contribution in [2.45, 2.75) is 44.7 Å². The van der Waals surface area contributed by atoms with Crippen LogP contribution in [0.2, 0.25) is 0 Å². The van der Waals surface area contributed by atoms with Gasteiger partial charge in [0.2, 0.25) is 0 Å². The molecule has 116 valence electrons. The molecule has 2 heterocycles. The molecule has 1 aliphatic carbocycles. The maximum atomic E-state index is 5.47. The minimum Gasteiger partial charge on any atom is -0.379 e. The Kier molecular flexibility index (Phi) is 5.32. The van der Waals surface area contributed by atoms with Crippen LogP contribution in [0.25, 0.3) is 0 Å². The highest BCUT2D eigenvalue weighted by Gasteiger charge is 2.35. The molecular formula is C16H31N3O. The van der Waals surface area contributed by atoms with Crippen LogP contribution in [-0.2, 0) is 4.74 Å². The molecule has 4 heteroatoms. The van der Waals surface area contributed by atoms with Gasteiger partial charge in [0.1, 0.15) is 0 Å². The first-order valence-electron chi connectivity index (χ1n) is 8.64. The minimum atomic E-state index is 0.749. The van der Waals surface area contributed by atoms with Crippen LogP contribution in [0.4, 0.5) is 0 Å². The molecule has 0 bridgehead atoms. The lowest BCUT2D eigenvalue weighted by Crippen LogP contribution is -2.46. The number of nitrogens with zero attached hydrogens (tertiary/aromatic N) is 2. The van der Waals surface area contributed by atoms with E-state index in [1.807, 2.05) is 0 Å². The highest BCUT2D eigenvalue weighted by atomic mass is 16.5. The first-order valence-corrected chi connectivity index (χ1v) is 8.64. The molecule has 2 atom stereocenters. The Morgan fingerprint density at radius 3 is 2.65 bits per heavy atom. The molecule has 0 aromatic rings. The zero-order chi connectivity index (χ0) is 13.8. The second-order valence-corrected chi connectivity index (χ2v) is 6.75. The summed E-state index contributed by atoms with van der Waals surface area (Å²) >= 11 is 0. The van der Waals surface area contributed by atoms with Gasteiger partial charge in [-0.15, -0.1) is 0 Å². The van der Waals surface area contributed by atoms with Crippen LogP contribution < -0.4 is 5.32 Å². The summed E-state index contributed by atoms with van der Waals surface area (Å²) in [5.74, 6) is 0.962. The number of likely N-dealkylation sites (tertiary alicyclic amines) is 1. The van der Waals surface area contributed by atoms with Gasteiger partial charge in [-0.2, -0.15) is 0 Å². The molecule has 3 rings (SSSR count). The molecule has 20 heavy (non-hydrogen) atoms. The first kappa shape index (κ1) is 14.8. The van der Waals surface area contributed by atoms with Gasteiger partial charge in [0.05, 0.1) is 13.2 Å². The maximum Gasteiger partial charge on any atom is 0.0594 e. The lowest BCUT2D eigenvalue weighted by molar-refractivity contribution is 0.0183. The van der Waals surface area contributed by atoms with Crippen LogP contribution in [0, 0.1) is 5.92 Å². The second kappa shape index (κ2) is 7.21. The lowest BCUT2D eigenvalue weighted by Gasteiger charge is -2.32. The number of rotatable bonds is 7. The number of hydrogen-bond acceptors (Lipinski definition) is 4. The predicted molar refractivity (Wildman–Crippen MR) is 82.0 cm³/mol. The van der Waals surface area contributed by atoms with E-state index in [-0.39, 0.29) is 0 Å². The average molecular weight is 281 g/mol. The smallest absolute Gasteiger partial charge is 0.0594 e. The van der Waals surface area contributed by atoms with Gasteiger partial charge >= 0.3 is 0 Å². The van der Waals surface area contributed by atoms with Crippen LogP contribution in [0.3, 0.4) is 0 Å². The van der Waals surface area contributed by atoms with Gasteiger partial charge in [0.15, 0.2) is 0 Å². The summed E-state index contributed by atoms with van der Waals surface area (Å²) in [6, 6.07) is 1.53. The van der Waals surface area contributed by atoms with E-state index in [0.29, 0.717) is 0 Å². The first-order chi connectivity index (χ1) is 9.86. The third-order valence-corrected chi connectivity index (χ3v) is 5.11. The zero-order valence-corrected chi connectivity index (χ0v) is 13.0. The standard InChI is InChI=1S/C16H31N3O/c1-2-6-17-16(14-3-4-14)13-18-7-5-15(12-18)19-8-10-20-11-9-19/h14-17H,2-13H2,1H3. The Labute approximate surface area is 123 Å². The summed E-state index contributed by atoms with van der Waals surface area (Å²) in [4.78, 5) is 5.35. The van der Waals surface area contributed by atoms with Gasteiger partial charge in [-0.1, -0.05) is 6.92 Å². The monoisotopic (exact) mass is 281 g/mol. The Hall–Kier alpha value is -0.160. The van der Waals surface area contributed by atoms with Crippen LogP contribution >= 0.6 is 0 Å². The van der Waals surface area contributed by atoms with E-state index in [1.165, 1.54) is 51.9 Å². The number of nitrogens with one attached hydrogen (secondary N) is 1. The fourth-order valence-corrected chi connectivity index (χ4v) is 3.71. The predicted octanol–water partition coefficient (Wildman–Crippen LogP) is 1.17. The molecule has 0 aromatic carbocycles. The highest BCUT2D eigenvalue weighted by Crippen LogP contribution is 2.33. The van der Waals surface area contributed by atoms with Gasteiger partial charge in [-0.05, 0) is 44.7 Å². The molecule has 2 unspecified atom stereocenters. The number of ether oxygens (including phenoxy) is 1. The van der Waals surface area contributed by atoms with E-state index in [4.69, 9.17) is 4.74 Å². The molecular weight excluding hydrogens is 250 g/mol. The Bertz CT molecular complexity index is 289. The van der Waals surface area contributed by atoms with Gasteiger partial charge < -0.3 is 15.0 Å². The number of hydrogen-bond donors (Lipinski definition) is 1. The molecule has 3 aliphatic rings. The van der Waals surface area contributed by atoms with Crippen molar-refractivity contribution in [1.82, 2.24) is 15.1 Å². The van der Waals surface area contributed by atoms with Gasteiger partial charge in [-0.25, -0.2) is 0 Å². The Morgan fingerprint density at radius 2 is 1.95 bits per heavy atom. The Balaban J connectivity index is 1.43. The topological polar surface area (TPSA) is 27.7 Å². The molecule has 2 saturated heterocycles. The van der Waals surface area contributed by atoms with Crippen molar-refractivity contribution in [3.05, 3.63) is 0 Å². The van der Waals surface area contributed by atoms with E-state index < -0.39 is 0 Å². The third-order valence-electron chi connectivity index (χ3n) is 5.11. The largest absolute Gasteiger partial charge is 0.379 e. The van der Waals surface area contributed by atoms with Crippen LogP contribution in [-0.4, -0.2) is 74.4 Å². The second-order valence-electron chi connectivity index (χ2n) is 6.75. The van der Waals surface area contributed by atoms with Crippen molar-refractivity contribution < 1.29 is 4.74 Å². The molecule has 0 radical (unpaired) electrons. The summed E-state index contributed by atoms with van der Waals surface area (Å²) < 4.78 is 5.47. The van der Waals surface area contributed by atoms with E-state index in [1.54, 1.807) is 0 Å². The molecule has 0 amide bonds. The van der Waals surface area contributed by atoms with Gasteiger partial charge in [0, 0.05) is 38.3 Å². The molecule has 0 spiro atoms. The zero-order valence-electron chi connectivity index (χ0n) is 13.0. The summed E-state index contributed by atoms with van der Waals surface area (Å²) in [6.07, 6.45) is 5.50. The van der Waals surface area contributed by atoms with E-state index in [2.05, 4.69) is 22.0 Å². The Morgan fingerprint density at radius 1 is 1.15 bits per heavy atom. The van der Waals surface area contributed by atoms with Gasteiger partial charge in [-0.3, -0.25) is 4.90 Å². The fourth-order valence-electron chi connectivity index (χ4n) is 3.71. The maximum absolute atomic E-state index is 5.47. The number of morpholine rings is 1. The molecule has 1 N–H and O–H groups in total. The highest BCUT2D eigenvalue weighted by molar-refractivity contribution is 4.92. The molecule has 0 aromatic heterocycles. The summed E-state index contributed by atoms with van der Waals surface area (Å²) in [7, 11) is 0. The fraction of sp³-hybridized carbons (Fsp3) is 1.00. The minimum absolute atomic E-state index is 0.749. The van der Waals surface area contributed by atoms with E-state index >= 15 is 0 Å². The van der Waals surface area contributed by atoms with Crippen molar-refractivity contribution in [2.24, 2.45) is 5.92 Å². The van der Waals surface area contributed by atoms with Crippen molar-refractivity contribution >= 4 is 0 Å².